The predicted molar refractivity (Wildman–Crippen MR) is 112 cm³/mol. The van der Waals surface area contributed by atoms with E-state index in [1.54, 1.807) is 27.8 Å². The minimum atomic E-state index is -4.44. The number of hydrogen-bond donors (Lipinski definition) is 0. The number of imidazole rings is 1. The van der Waals surface area contributed by atoms with Crippen LogP contribution in [0.3, 0.4) is 0 Å². The first kappa shape index (κ1) is 21.1. The molecule has 0 aliphatic carbocycles. The molecule has 0 amide bonds. The Labute approximate surface area is 187 Å². The van der Waals surface area contributed by atoms with E-state index in [0.717, 1.165) is 11.8 Å². The fraction of sp³-hybridized carbons (Fsp3) is 0.318. The molecule has 11 heteroatoms. The van der Waals surface area contributed by atoms with Crippen LogP contribution in [-0.4, -0.2) is 41.4 Å². The molecule has 170 valence electrons. The first-order valence-electron chi connectivity index (χ1n) is 10.4. The number of benzene rings is 1. The van der Waals surface area contributed by atoms with Crippen molar-refractivity contribution in [1.29, 1.82) is 0 Å². The topological polar surface area (TPSA) is 83.5 Å². The van der Waals surface area contributed by atoms with E-state index >= 15 is 0 Å². The van der Waals surface area contributed by atoms with Gasteiger partial charge in [-0.3, -0.25) is 4.57 Å². The number of methoxy groups -OCH3 is 1. The Morgan fingerprint density at radius 2 is 1.94 bits per heavy atom. The van der Waals surface area contributed by atoms with Crippen LogP contribution in [0.5, 0.6) is 5.88 Å². The summed E-state index contributed by atoms with van der Waals surface area (Å²) in [4.78, 5) is 17.7. The van der Waals surface area contributed by atoms with E-state index in [0.29, 0.717) is 42.5 Å². The molecule has 0 fully saturated rings. The van der Waals surface area contributed by atoms with Gasteiger partial charge < -0.3 is 4.74 Å². The Morgan fingerprint density at radius 1 is 1.12 bits per heavy atom. The Bertz CT molecular complexity index is 1310. The number of alkyl halides is 3. The molecule has 0 spiro atoms. The second-order valence-corrected chi connectivity index (χ2v) is 7.81. The standard InChI is InChI=1S/C22H20F3N7O/c1-13-11-31(12-27-13)20-21(33-2)28-17(10-26-20)18-29-19-15(7-5-9-32(19)30-18)14-6-3-4-8-16(14)22(23,24)25/h3-4,6,8,10-12,15H,5,7,9H2,1-2H3. The molecule has 33 heavy (non-hydrogen) atoms. The molecule has 1 unspecified atom stereocenters. The second kappa shape index (κ2) is 7.98. The molecular weight excluding hydrogens is 435 g/mol. The molecule has 0 N–H and O–H groups in total. The summed E-state index contributed by atoms with van der Waals surface area (Å²) in [6.45, 7) is 2.43. The third-order valence-corrected chi connectivity index (χ3v) is 5.62. The highest BCUT2D eigenvalue weighted by molar-refractivity contribution is 5.52. The minimum absolute atomic E-state index is 0.208. The van der Waals surface area contributed by atoms with Crippen molar-refractivity contribution < 1.29 is 17.9 Å². The fourth-order valence-corrected chi connectivity index (χ4v) is 4.14. The van der Waals surface area contributed by atoms with Gasteiger partial charge >= 0.3 is 6.18 Å². The summed E-state index contributed by atoms with van der Waals surface area (Å²) in [5.74, 6) is 0.990. The highest BCUT2D eigenvalue weighted by atomic mass is 19.4. The summed E-state index contributed by atoms with van der Waals surface area (Å²) in [7, 11) is 1.48. The van der Waals surface area contributed by atoms with Gasteiger partial charge in [0.05, 0.1) is 24.6 Å². The maximum atomic E-state index is 13.6. The molecule has 3 aromatic heterocycles. The summed E-state index contributed by atoms with van der Waals surface area (Å²) in [5, 5.41) is 4.52. The fourth-order valence-electron chi connectivity index (χ4n) is 4.14. The zero-order valence-corrected chi connectivity index (χ0v) is 17.9. The van der Waals surface area contributed by atoms with E-state index < -0.39 is 17.7 Å². The number of hydrogen-bond acceptors (Lipinski definition) is 6. The SMILES string of the molecule is COc1nc(-c2nc3n(n2)CCCC3c2ccccc2C(F)(F)F)cnc1-n1cnc(C)c1. The second-order valence-electron chi connectivity index (χ2n) is 7.81. The van der Waals surface area contributed by atoms with E-state index in [9.17, 15) is 13.2 Å². The van der Waals surface area contributed by atoms with Gasteiger partial charge in [0.25, 0.3) is 5.88 Å². The number of ether oxygens (including phenoxy) is 1. The lowest BCUT2D eigenvalue weighted by Gasteiger charge is -2.25. The molecule has 0 bridgehead atoms. The average molecular weight is 455 g/mol. The van der Waals surface area contributed by atoms with Crippen LogP contribution in [0.4, 0.5) is 13.2 Å². The lowest BCUT2D eigenvalue weighted by atomic mass is 9.88. The van der Waals surface area contributed by atoms with Gasteiger partial charge in [-0.25, -0.2) is 24.6 Å². The zero-order valence-electron chi connectivity index (χ0n) is 17.9. The Hall–Kier alpha value is -3.76. The third-order valence-electron chi connectivity index (χ3n) is 5.62. The van der Waals surface area contributed by atoms with E-state index in [1.165, 1.54) is 25.4 Å². The van der Waals surface area contributed by atoms with Gasteiger partial charge in [-0.2, -0.15) is 13.2 Å². The summed E-state index contributed by atoms with van der Waals surface area (Å²) in [5.41, 5.74) is 0.752. The average Bonchev–Trinajstić information content (AvgIpc) is 3.44. The molecular formula is C22H20F3N7O. The minimum Gasteiger partial charge on any atom is -0.478 e. The van der Waals surface area contributed by atoms with Crippen molar-refractivity contribution in [2.24, 2.45) is 0 Å². The third kappa shape index (κ3) is 3.83. The van der Waals surface area contributed by atoms with Gasteiger partial charge in [0.15, 0.2) is 0 Å². The molecule has 0 saturated heterocycles. The summed E-state index contributed by atoms with van der Waals surface area (Å²) in [6.07, 6.45) is 1.73. The first-order valence-corrected chi connectivity index (χ1v) is 10.4. The van der Waals surface area contributed by atoms with Crippen molar-refractivity contribution in [2.45, 2.75) is 38.4 Å². The number of fused-ring (bicyclic) bond motifs is 1. The number of nitrogens with zero attached hydrogens (tertiary/aromatic N) is 7. The number of halogens is 3. The smallest absolute Gasteiger partial charge is 0.416 e. The molecule has 1 aliphatic rings. The molecule has 1 aliphatic heterocycles. The van der Waals surface area contributed by atoms with Crippen LogP contribution in [0.25, 0.3) is 17.3 Å². The Morgan fingerprint density at radius 3 is 2.67 bits per heavy atom. The van der Waals surface area contributed by atoms with Crippen LogP contribution in [0.1, 0.15) is 41.4 Å². The van der Waals surface area contributed by atoms with Crippen LogP contribution < -0.4 is 4.74 Å². The van der Waals surface area contributed by atoms with E-state index in [1.807, 2.05) is 6.92 Å². The molecule has 1 atom stereocenters. The summed E-state index contributed by atoms with van der Waals surface area (Å²) < 4.78 is 49.7. The van der Waals surface area contributed by atoms with Gasteiger partial charge in [0.1, 0.15) is 17.8 Å². The predicted octanol–water partition coefficient (Wildman–Crippen LogP) is 4.18. The van der Waals surface area contributed by atoms with Gasteiger partial charge in [0, 0.05) is 18.7 Å². The van der Waals surface area contributed by atoms with Crippen LogP contribution in [0.15, 0.2) is 43.0 Å². The monoisotopic (exact) mass is 455 g/mol. The van der Waals surface area contributed by atoms with Crippen molar-refractivity contribution in [3.05, 3.63) is 65.6 Å². The number of rotatable bonds is 4. The Kier molecular flexibility index (Phi) is 5.10. The number of aryl methyl sites for hydroxylation is 2. The van der Waals surface area contributed by atoms with E-state index in [-0.39, 0.29) is 11.4 Å². The van der Waals surface area contributed by atoms with Gasteiger partial charge in [-0.1, -0.05) is 18.2 Å². The van der Waals surface area contributed by atoms with E-state index in [4.69, 9.17) is 4.74 Å². The van der Waals surface area contributed by atoms with Crippen molar-refractivity contribution in [3.8, 4) is 23.2 Å². The molecule has 8 nitrogen and oxygen atoms in total. The van der Waals surface area contributed by atoms with Crippen LogP contribution in [-0.2, 0) is 12.7 Å². The summed E-state index contributed by atoms with van der Waals surface area (Å²) in [6, 6.07) is 5.64. The van der Waals surface area contributed by atoms with Gasteiger partial charge in [0.2, 0.25) is 11.6 Å². The van der Waals surface area contributed by atoms with Crippen LogP contribution in [0.2, 0.25) is 0 Å². The lowest BCUT2D eigenvalue weighted by molar-refractivity contribution is -0.138. The highest BCUT2D eigenvalue weighted by Gasteiger charge is 2.37. The highest BCUT2D eigenvalue weighted by Crippen LogP contribution is 2.40. The van der Waals surface area contributed by atoms with Crippen LogP contribution >= 0.6 is 0 Å². The van der Waals surface area contributed by atoms with Crippen molar-refractivity contribution in [2.75, 3.05) is 7.11 Å². The normalized spacial score (nSPS) is 16.0. The largest absolute Gasteiger partial charge is 0.478 e. The zero-order chi connectivity index (χ0) is 23.2. The van der Waals surface area contributed by atoms with Crippen molar-refractivity contribution in [1.82, 2.24) is 34.3 Å². The van der Waals surface area contributed by atoms with Crippen molar-refractivity contribution in [3.63, 3.8) is 0 Å². The van der Waals surface area contributed by atoms with Crippen molar-refractivity contribution >= 4 is 0 Å². The lowest BCUT2D eigenvalue weighted by Crippen LogP contribution is -2.21. The molecule has 0 saturated carbocycles. The molecule has 0 radical (unpaired) electrons. The molecule has 5 rings (SSSR count). The first-order chi connectivity index (χ1) is 15.8. The molecule has 1 aromatic carbocycles. The maximum Gasteiger partial charge on any atom is 0.416 e. The van der Waals surface area contributed by atoms with Crippen LogP contribution in [0, 0.1) is 6.92 Å². The summed E-state index contributed by atoms with van der Waals surface area (Å²) >= 11 is 0. The molecule has 4 aromatic rings. The maximum absolute atomic E-state index is 13.6. The van der Waals surface area contributed by atoms with Gasteiger partial charge in [-0.15, -0.1) is 5.10 Å². The quantitative estimate of drug-likeness (QED) is 0.459. The molecule has 4 heterocycles. The number of aromatic nitrogens is 7. The van der Waals surface area contributed by atoms with E-state index in [2.05, 4.69) is 25.0 Å². The Balaban J connectivity index is 1.55. The van der Waals surface area contributed by atoms with Gasteiger partial charge in [-0.05, 0) is 31.4 Å².